The Balaban J connectivity index is 1.89. The summed E-state index contributed by atoms with van der Waals surface area (Å²) in [4.78, 5) is 24.2. The van der Waals surface area contributed by atoms with Gasteiger partial charge in [0, 0.05) is 26.4 Å². The maximum Gasteiger partial charge on any atom is 0.269 e. The predicted octanol–water partition coefficient (Wildman–Crippen LogP) is 0.626. The summed E-state index contributed by atoms with van der Waals surface area (Å²) in [6, 6.07) is 4.95. The van der Waals surface area contributed by atoms with Crippen LogP contribution in [0.3, 0.4) is 0 Å². The molecule has 2 atom stereocenters. The summed E-state index contributed by atoms with van der Waals surface area (Å²) < 4.78 is 29.1. The number of morpholine rings is 1. The molecule has 9 nitrogen and oxygen atoms in total. The highest BCUT2D eigenvalue weighted by molar-refractivity contribution is 7.90. The van der Waals surface area contributed by atoms with Crippen LogP contribution in [0.15, 0.2) is 24.5 Å². The molecule has 150 valence electrons. The zero-order chi connectivity index (χ0) is 20.3. The van der Waals surface area contributed by atoms with Crippen LogP contribution in [0.2, 0.25) is 5.15 Å². The van der Waals surface area contributed by atoms with Gasteiger partial charge in [0.25, 0.3) is 5.91 Å². The molecular weight excluding hydrogens is 406 g/mol. The van der Waals surface area contributed by atoms with Crippen molar-refractivity contribution in [1.82, 2.24) is 25.6 Å². The van der Waals surface area contributed by atoms with E-state index >= 15 is 0 Å². The van der Waals surface area contributed by atoms with Crippen molar-refractivity contribution >= 4 is 27.3 Å². The maximum atomic E-state index is 11.8. The van der Waals surface area contributed by atoms with E-state index in [2.05, 4.69) is 25.6 Å². The van der Waals surface area contributed by atoms with E-state index in [1.165, 1.54) is 25.7 Å². The Labute approximate surface area is 167 Å². The van der Waals surface area contributed by atoms with Crippen LogP contribution in [-0.2, 0) is 14.6 Å². The second-order valence-corrected chi connectivity index (χ2v) is 9.05. The SMILES string of the molecule is CNC(=O)c1cc(-c2cc([C@@H]3CNC[C@@H](CS(C)(=O)=O)O3)cc(Cl)n2)ncn1. The Kier molecular flexibility index (Phi) is 6.23. The van der Waals surface area contributed by atoms with Crippen LogP contribution in [0.4, 0.5) is 0 Å². The van der Waals surface area contributed by atoms with Gasteiger partial charge in [-0.3, -0.25) is 4.79 Å². The summed E-state index contributed by atoms with van der Waals surface area (Å²) in [6.07, 6.45) is 1.62. The zero-order valence-corrected chi connectivity index (χ0v) is 16.9. The van der Waals surface area contributed by atoms with E-state index in [0.717, 1.165) is 5.56 Å². The largest absolute Gasteiger partial charge is 0.367 e. The molecule has 1 saturated heterocycles. The topological polar surface area (TPSA) is 123 Å². The predicted molar refractivity (Wildman–Crippen MR) is 104 cm³/mol. The number of aromatic nitrogens is 3. The molecular formula is C17H20ClN5O4S. The minimum Gasteiger partial charge on any atom is -0.367 e. The lowest BCUT2D eigenvalue weighted by atomic mass is 10.1. The third-order valence-corrected chi connectivity index (χ3v) is 5.30. The lowest BCUT2D eigenvalue weighted by molar-refractivity contribution is -0.0269. The van der Waals surface area contributed by atoms with Crippen LogP contribution in [0.1, 0.15) is 22.2 Å². The number of halogens is 1. The van der Waals surface area contributed by atoms with Gasteiger partial charge in [0.2, 0.25) is 0 Å². The quantitative estimate of drug-likeness (QED) is 0.668. The molecule has 0 spiro atoms. The number of hydrogen-bond acceptors (Lipinski definition) is 8. The van der Waals surface area contributed by atoms with E-state index in [0.29, 0.717) is 24.5 Å². The van der Waals surface area contributed by atoms with Crippen molar-refractivity contribution in [1.29, 1.82) is 0 Å². The van der Waals surface area contributed by atoms with Crippen molar-refractivity contribution in [3.63, 3.8) is 0 Å². The van der Waals surface area contributed by atoms with Gasteiger partial charge >= 0.3 is 0 Å². The minimum absolute atomic E-state index is 0.0659. The van der Waals surface area contributed by atoms with Crippen molar-refractivity contribution in [2.45, 2.75) is 12.2 Å². The molecule has 2 aromatic heterocycles. The monoisotopic (exact) mass is 425 g/mol. The van der Waals surface area contributed by atoms with Crippen LogP contribution in [-0.4, -0.2) is 67.5 Å². The number of ether oxygens (including phenoxy) is 1. The fraction of sp³-hybridized carbons (Fsp3) is 0.412. The molecule has 1 aliphatic heterocycles. The molecule has 2 N–H and O–H groups in total. The number of nitrogens with one attached hydrogen (secondary N) is 2. The lowest BCUT2D eigenvalue weighted by Crippen LogP contribution is -2.43. The van der Waals surface area contributed by atoms with E-state index in [-0.39, 0.29) is 28.6 Å². The summed E-state index contributed by atoms with van der Waals surface area (Å²) in [6.45, 7) is 0.962. The van der Waals surface area contributed by atoms with Crippen LogP contribution in [0.5, 0.6) is 0 Å². The third kappa shape index (κ3) is 5.22. The Morgan fingerprint density at radius 2 is 2.07 bits per heavy atom. The van der Waals surface area contributed by atoms with Crippen LogP contribution < -0.4 is 10.6 Å². The van der Waals surface area contributed by atoms with Crippen LogP contribution >= 0.6 is 11.6 Å². The minimum atomic E-state index is -3.16. The Hall–Kier alpha value is -2.14. The van der Waals surface area contributed by atoms with E-state index < -0.39 is 15.9 Å². The van der Waals surface area contributed by atoms with Gasteiger partial charge in [-0.1, -0.05) is 11.6 Å². The molecule has 0 radical (unpaired) electrons. The first-order chi connectivity index (χ1) is 13.2. The van der Waals surface area contributed by atoms with Gasteiger partial charge in [0.15, 0.2) is 0 Å². The van der Waals surface area contributed by atoms with Gasteiger partial charge in [-0.15, -0.1) is 0 Å². The highest BCUT2D eigenvalue weighted by atomic mass is 35.5. The van der Waals surface area contributed by atoms with E-state index in [1.807, 2.05) is 0 Å². The molecule has 0 aliphatic carbocycles. The number of pyridine rings is 1. The number of hydrogen-bond donors (Lipinski definition) is 2. The molecule has 1 amide bonds. The van der Waals surface area contributed by atoms with E-state index in [4.69, 9.17) is 16.3 Å². The van der Waals surface area contributed by atoms with Crippen molar-refractivity contribution in [3.8, 4) is 11.4 Å². The van der Waals surface area contributed by atoms with Gasteiger partial charge < -0.3 is 15.4 Å². The molecule has 11 heteroatoms. The standard InChI is InChI=1S/C17H20ClN5O4S/c1-19-17(24)14-5-12(21-9-22-14)13-3-10(4-16(18)23-13)15-7-20-6-11(27-15)8-28(2,25)26/h3-5,9,11,15,20H,6-8H2,1-2H3,(H,19,24)/t11-,15-/m0/s1. The summed E-state index contributed by atoms with van der Waals surface area (Å²) in [5.41, 5.74) is 1.85. The number of carbonyl (C=O) groups is 1. The molecule has 3 heterocycles. The highest BCUT2D eigenvalue weighted by Crippen LogP contribution is 2.27. The van der Waals surface area contributed by atoms with Crippen molar-refractivity contribution in [2.24, 2.45) is 0 Å². The normalized spacial score (nSPS) is 20.0. The molecule has 2 aromatic rings. The summed E-state index contributed by atoms with van der Waals surface area (Å²) >= 11 is 6.19. The van der Waals surface area contributed by atoms with Crippen molar-refractivity contribution < 1.29 is 17.9 Å². The second-order valence-electron chi connectivity index (χ2n) is 6.47. The summed E-state index contributed by atoms with van der Waals surface area (Å²) in [5.74, 6) is -0.404. The van der Waals surface area contributed by atoms with Crippen LogP contribution in [0, 0.1) is 0 Å². The summed E-state index contributed by atoms with van der Waals surface area (Å²) in [5, 5.41) is 5.93. The number of rotatable bonds is 5. The maximum absolute atomic E-state index is 11.8. The number of amides is 1. The fourth-order valence-electron chi connectivity index (χ4n) is 2.92. The summed E-state index contributed by atoms with van der Waals surface area (Å²) in [7, 11) is -1.65. The van der Waals surface area contributed by atoms with Gasteiger partial charge in [0.1, 0.15) is 27.0 Å². The van der Waals surface area contributed by atoms with Crippen LogP contribution in [0.25, 0.3) is 11.4 Å². The molecule has 0 aromatic carbocycles. The van der Waals surface area contributed by atoms with E-state index in [1.54, 1.807) is 12.1 Å². The Morgan fingerprint density at radius 3 is 2.79 bits per heavy atom. The first-order valence-electron chi connectivity index (χ1n) is 8.51. The van der Waals surface area contributed by atoms with E-state index in [9.17, 15) is 13.2 Å². The second kappa shape index (κ2) is 8.48. The molecule has 28 heavy (non-hydrogen) atoms. The van der Waals surface area contributed by atoms with Crippen molar-refractivity contribution in [2.75, 3.05) is 32.1 Å². The van der Waals surface area contributed by atoms with Gasteiger partial charge in [-0.2, -0.15) is 0 Å². The molecule has 0 unspecified atom stereocenters. The number of carbonyl (C=O) groups excluding carboxylic acids is 1. The lowest BCUT2D eigenvalue weighted by Gasteiger charge is -2.31. The molecule has 0 bridgehead atoms. The third-order valence-electron chi connectivity index (χ3n) is 4.12. The van der Waals surface area contributed by atoms with Crippen molar-refractivity contribution in [3.05, 3.63) is 40.9 Å². The molecule has 1 aliphatic rings. The average Bonchev–Trinajstić information content (AvgIpc) is 2.66. The average molecular weight is 426 g/mol. The molecule has 3 rings (SSSR count). The molecule has 0 saturated carbocycles. The molecule has 1 fully saturated rings. The Morgan fingerprint density at radius 1 is 1.29 bits per heavy atom. The first-order valence-corrected chi connectivity index (χ1v) is 10.9. The van der Waals surface area contributed by atoms with Gasteiger partial charge in [0.05, 0.1) is 29.3 Å². The van der Waals surface area contributed by atoms with Gasteiger partial charge in [-0.05, 0) is 23.8 Å². The number of nitrogens with zero attached hydrogens (tertiary/aromatic N) is 3. The first kappa shape index (κ1) is 20.6. The smallest absolute Gasteiger partial charge is 0.269 e. The number of sulfone groups is 1. The Bertz CT molecular complexity index is 985. The highest BCUT2D eigenvalue weighted by Gasteiger charge is 2.27. The fourth-order valence-corrected chi connectivity index (χ4v) is 4.01. The van der Waals surface area contributed by atoms with Gasteiger partial charge in [-0.25, -0.2) is 23.4 Å². The zero-order valence-electron chi connectivity index (χ0n) is 15.3.